The van der Waals surface area contributed by atoms with Crippen molar-refractivity contribution in [3.05, 3.63) is 82.1 Å². The highest BCUT2D eigenvalue weighted by atomic mass is 16.5. The van der Waals surface area contributed by atoms with Gasteiger partial charge in [-0.15, -0.1) is 0 Å². The zero-order chi connectivity index (χ0) is 20.2. The largest absolute Gasteiger partial charge is 0.444 e. The molecule has 0 radical (unpaired) electrons. The zero-order valence-electron chi connectivity index (χ0n) is 16.0. The molecular weight excluding hydrogens is 368 g/mol. The van der Waals surface area contributed by atoms with Gasteiger partial charge >= 0.3 is 5.97 Å². The fraction of sp³-hybridized carbons (Fsp3) is 0.261. The van der Waals surface area contributed by atoms with Gasteiger partial charge in [-0.3, -0.25) is 9.59 Å². The molecule has 0 unspecified atom stereocenters. The lowest BCUT2D eigenvalue weighted by molar-refractivity contribution is -0.142. The maximum absolute atomic E-state index is 13.2. The Morgan fingerprint density at radius 3 is 2.38 bits per heavy atom. The summed E-state index contributed by atoms with van der Waals surface area (Å²) >= 11 is 0. The minimum absolute atomic E-state index is 0.150. The number of aromatic nitrogens is 1. The Morgan fingerprint density at radius 1 is 0.931 bits per heavy atom. The molecule has 1 N–H and O–H groups in total. The number of H-pyrrole nitrogens is 1. The average Bonchev–Trinajstić information content (AvgIpc) is 2.77. The molecule has 1 aromatic heterocycles. The van der Waals surface area contributed by atoms with Gasteiger partial charge in [-0.25, -0.2) is 4.79 Å². The summed E-state index contributed by atoms with van der Waals surface area (Å²) in [5, 5.41) is 0.578. The van der Waals surface area contributed by atoms with Crippen molar-refractivity contribution in [1.29, 1.82) is 0 Å². The number of aromatic amines is 1. The van der Waals surface area contributed by atoms with Crippen molar-refractivity contribution in [3.8, 4) is 0 Å². The summed E-state index contributed by atoms with van der Waals surface area (Å²) in [6, 6.07) is 17.3. The van der Waals surface area contributed by atoms with Crippen LogP contribution in [0.15, 0.2) is 65.5 Å². The standard InChI is InChI=1S/C23H22N2O4/c26-20-15-18(17-11-5-6-12-19(17)24-20)23(28)29-21(16-9-3-1-4-10-16)22(27)25-13-7-2-8-14-25/h1,3-6,9-12,15,21H,2,7-8,13-14H2,(H,24,26)/t21-/m0/s1. The molecule has 2 heterocycles. The maximum Gasteiger partial charge on any atom is 0.340 e. The number of pyridine rings is 1. The van der Waals surface area contributed by atoms with E-state index >= 15 is 0 Å². The van der Waals surface area contributed by atoms with Crippen LogP contribution in [0.25, 0.3) is 10.9 Å². The number of piperidine rings is 1. The number of carbonyl (C=O) groups is 2. The van der Waals surface area contributed by atoms with Crippen LogP contribution in [0.1, 0.15) is 41.3 Å². The topological polar surface area (TPSA) is 79.5 Å². The predicted molar refractivity (Wildman–Crippen MR) is 110 cm³/mol. The van der Waals surface area contributed by atoms with Crippen LogP contribution in [0.4, 0.5) is 0 Å². The molecule has 0 spiro atoms. The summed E-state index contributed by atoms with van der Waals surface area (Å²) in [6.45, 7) is 1.32. The molecule has 1 saturated heterocycles. The van der Waals surface area contributed by atoms with E-state index in [0.29, 0.717) is 29.6 Å². The van der Waals surface area contributed by atoms with Crippen LogP contribution < -0.4 is 5.56 Å². The van der Waals surface area contributed by atoms with E-state index in [1.165, 1.54) is 6.07 Å². The minimum atomic E-state index is -1.04. The molecule has 1 aliphatic rings. The maximum atomic E-state index is 13.2. The molecule has 3 aromatic rings. The van der Waals surface area contributed by atoms with Gasteiger partial charge in [-0.1, -0.05) is 48.5 Å². The minimum Gasteiger partial charge on any atom is -0.444 e. The molecule has 1 fully saturated rings. The monoisotopic (exact) mass is 390 g/mol. The summed E-state index contributed by atoms with van der Waals surface area (Å²) in [5.41, 5.74) is 0.919. The van der Waals surface area contributed by atoms with Gasteiger partial charge in [0.1, 0.15) is 0 Å². The SMILES string of the molecule is O=C(O[C@H](C(=O)N1CCCCC1)c1ccccc1)c1cc(=O)[nH]c2ccccc12. The summed E-state index contributed by atoms with van der Waals surface area (Å²) in [5.74, 6) is -0.912. The predicted octanol–water partition coefficient (Wildman–Crippen LogP) is 3.44. The summed E-state index contributed by atoms with van der Waals surface area (Å²) < 4.78 is 5.72. The first-order valence-corrected chi connectivity index (χ1v) is 9.80. The lowest BCUT2D eigenvalue weighted by Gasteiger charge is -2.30. The van der Waals surface area contributed by atoms with Crippen molar-refractivity contribution < 1.29 is 14.3 Å². The number of likely N-dealkylation sites (tertiary alicyclic amines) is 1. The number of amides is 1. The molecule has 2 aromatic carbocycles. The molecule has 148 valence electrons. The quantitative estimate of drug-likeness (QED) is 0.692. The number of esters is 1. The van der Waals surface area contributed by atoms with Crippen molar-refractivity contribution in [2.24, 2.45) is 0 Å². The van der Waals surface area contributed by atoms with E-state index in [0.717, 1.165) is 19.3 Å². The Kier molecular flexibility index (Phi) is 5.42. The number of fused-ring (bicyclic) bond motifs is 1. The highest BCUT2D eigenvalue weighted by Gasteiger charge is 2.31. The third-order valence-electron chi connectivity index (χ3n) is 5.19. The van der Waals surface area contributed by atoms with E-state index in [1.54, 1.807) is 41.3 Å². The fourth-order valence-electron chi connectivity index (χ4n) is 3.71. The summed E-state index contributed by atoms with van der Waals surface area (Å²) in [6.07, 6.45) is 1.94. The Bertz CT molecular complexity index is 1080. The summed E-state index contributed by atoms with van der Waals surface area (Å²) in [7, 11) is 0. The van der Waals surface area contributed by atoms with Crippen molar-refractivity contribution in [1.82, 2.24) is 9.88 Å². The van der Waals surface area contributed by atoms with E-state index in [-0.39, 0.29) is 11.5 Å². The van der Waals surface area contributed by atoms with Crippen molar-refractivity contribution in [2.45, 2.75) is 25.4 Å². The number of hydrogen-bond donors (Lipinski definition) is 1. The molecule has 1 aliphatic heterocycles. The molecule has 29 heavy (non-hydrogen) atoms. The van der Waals surface area contributed by atoms with Gasteiger partial charge < -0.3 is 14.6 Å². The zero-order valence-corrected chi connectivity index (χ0v) is 16.0. The molecule has 4 rings (SSSR count). The average molecular weight is 390 g/mol. The van der Waals surface area contributed by atoms with E-state index in [2.05, 4.69) is 4.98 Å². The van der Waals surface area contributed by atoms with E-state index in [4.69, 9.17) is 4.74 Å². The van der Waals surface area contributed by atoms with Gasteiger partial charge in [-0.05, 0) is 25.3 Å². The van der Waals surface area contributed by atoms with Crippen LogP contribution in [-0.2, 0) is 9.53 Å². The van der Waals surface area contributed by atoms with Gasteiger partial charge in [0.25, 0.3) is 5.91 Å². The third-order valence-corrected chi connectivity index (χ3v) is 5.19. The number of carbonyl (C=O) groups excluding carboxylic acids is 2. The number of rotatable bonds is 4. The fourth-order valence-corrected chi connectivity index (χ4v) is 3.71. The van der Waals surface area contributed by atoms with Gasteiger partial charge in [0, 0.05) is 35.6 Å². The number of para-hydroxylation sites is 1. The van der Waals surface area contributed by atoms with Crippen molar-refractivity contribution in [2.75, 3.05) is 13.1 Å². The number of hydrogen-bond acceptors (Lipinski definition) is 4. The Morgan fingerprint density at radius 2 is 1.62 bits per heavy atom. The normalized spacial score (nSPS) is 15.1. The van der Waals surface area contributed by atoms with Crippen molar-refractivity contribution >= 4 is 22.8 Å². The molecule has 1 amide bonds. The van der Waals surface area contributed by atoms with Gasteiger partial charge in [-0.2, -0.15) is 0 Å². The second-order valence-corrected chi connectivity index (χ2v) is 7.17. The van der Waals surface area contributed by atoms with Crippen LogP contribution >= 0.6 is 0 Å². The molecule has 6 nitrogen and oxygen atoms in total. The molecule has 1 atom stereocenters. The molecule has 0 saturated carbocycles. The smallest absolute Gasteiger partial charge is 0.340 e. The highest BCUT2D eigenvalue weighted by Crippen LogP contribution is 2.25. The van der Waals surface area contributed by atoms with Crippen LogP contribution in [0.3, 0.4) is 0 Å². The Hall–Kier alpha value is -3.41. The first kappa shape index (κ1) is 18.9. The van der Waals surface area contributed by atoms with Gasteiger partial charge in [0.15, 0.2) is 0 Å². The van der Waals surface area contributed by atoms with Gasteiger partial charge in [0.05, 0.1) is 5.56 Å². The van der Waals surface area contributed by atoms with Crippen LogP contribution in [0.5, 0.6) is 0 Å². The molecule has 6 heteroatoms. The third kappa shape index (κ3) is 4.06. The van der Waals surface area contributed by atoms with Crippen LogP contribution in [0.2, 0.25) is 0 Å². The number of benzene rings is 2. The van der Waals surface area contributed by atoms with Gasteiger partial charge in [0.2, 0.25) is 11.7 Å². The number of nitrogens with one attached hydrogen (secondary N) is 1. The van der Waals surface area contributed by atoms with Crippen LogP contribution in [0, 0.1) is 0 Å². The van der Waals surface area contributed by atoms with Crippen molar-refractivity contribution in [3.63, 3.8) is 0 Å². The molecule has 0 aliphatic carbocycles. The van der Waals surface area contributed by atoms with E-state index in [9.17, 15) is 14.4 Å². The first-order chi connectivity index (χ1) is 14.1. The lowest BCUT2D eigenvalue weighted by atomic mass is 10.1. The lowest BCUT2D eigenvalue weighted by Crippen LogP contribution is -2.40. The highest BCUT2D eigenvalue weighted by molar-refractivity contribution is 6.04. The van der Waals surface area contributed by atoms with Crippen LogP contribution in [-0.4, -0.2) is 34.8 Å². The molecular formula is C23H22N2O4. The second kappa shape index (κ2) is 8.31. The first-order valence-electron chi connectivity index (χ1n) is 9.80. The molecule has 0 bridgehead atoms. The summed E-state index contributed by atoms with van der Waals surface area (Å²) in [4.78, 5) is 42.7. The van der Waals surface area contributed by atoms with E-state index < -0.39 is 17.6 Å². The number of nitrogens with zero attached hydrogens (tertiary/aromatic N) is 1. The van der Waals surface area contributed by atoms with E-state index in [1.807, 2.05) is 18.2 Å². The Labute approximate surface area is 168 Å². The number of ether oxygens (including phenoxy) is 1. The second-order valence-electron chi connectivity index (χ2n) is 7.17. The Balaban J connectivity index is 1.68.